The monoisotopic (exact) mass is 538 g/mol. The summed E-state index contributed by atoms with van der Waals surface area (Å²) in [5.74, 6) is 1.52. The lowest BCUT2D eigenvalue weighted by Gasteiger charge is -2.40. The minimum absolute atomic E-state index is 0.0231. The topological polar surface area (TPSA) is 116 Å². The zero-order valence-corrected chi connectivity index (χ0v) is 22.0. The van der Waals surface area contributed by atoms with Gasteiger partial charge in [0.2, 0.25) is 17.7 Å². The van der Waals surface area contributed by atoms with E-state index in [1.807, 2.05) is 29.2 Å². The number of hydrogen-bond donors (Lipinski definition) is 2. The highest BCUT2D eigenvalue weighted by molar-refractivity contribution is 8.00. The molecule has 200 valence electrons. The molecule has 6 rings (SSSR count). The Hall–Kier alpha value is -3.51. The minimum atomic E-state index is -0.359. The fraction of sp³-hybridized carbons (Fsp3) is 0.462. The Bertz CT molecular complexity index is 1270. The summed E-state index contributed by atoms with van der Waals surface area (Å²) in [5.41, 5.74) is 2.31. The fourth-order valence-electron chi connectivity index (χ4n) is 5.47. The molecule has 0 radical (unpaired) electrons. The van der Waals surface area contributed by atoms with Crippen molar-refractivity contribution < 1.29 is 23.9 Å². The van der Waals surface area contributed by atoms with Crippen LogP contribution < -0.4 is 25.2 Å². The van der Waals surface area contributed by atoms with Crippen LogP contribution in [0.25, 0.3) is 0 Å². The molecule has 0 saturated carbocycles. The second kappa shape index (κ2) is 10.3. The van der Waals surface area contributed by atoms with Gasteiger partial charge >= 0.3 is 6.09 Å². The van der Waals surface area contributed by atoms with Crippen molar-refractivity contribution in [3.63, 3.8) is 0 Å². The molecule has 2 saturated heterocycles. The summed E-state index contributed by atoms with van der Waals surface area (Å²) in [4.78, 5) is 48.5. The Morgan fingerprint density at radius 2 is 1.97 bits per heavy atom. The number of piperidine rings is 1. The van der Waals surface area contributed by atoms with Crippen molar-refractivity contribution >= 4 is 52.5 Å². The number of likely N-dealkylation sites (tertiary alicyclic amines) is 1. The van der Waals surface area contributed by atoms with Gasteiger partial charge in [0.1, 0.15) is 6.10 Å². The Morgan fingerprint density at radius 3 is 2.79 bits per heavy atom. The van der Waals surface area contributed by atoms with E-state index in [4.69, 9.17) is 9.47 Å². The van der Waals surface area contributed by atoms with E-state index in [9.17, 15) is 14.4 Å². The summed E-state index contributed by atoms with van der Waals surface area (Å²) < 4.78 is 10.9. The summed E-state index contributed by atoms with van der Waals surface area (Å²) in [7, 11) is 1.57. The standard InChI is InChI=1S/C26H30N6O5S/c1-36-23-5-3-19-25(29-23)32(24(34)13-27-19)16-6-9-30(10-7-16)11-8-18-14-31(26(35)37-18)17-2-4-21-20(12-17)28-22(33)15-38-21/h2-5,12,16,18,27H,6-11,13-15H2,1H3,(H,28,33)/t18-/m1/s1. The quantitative estimate of drug-likeness (QED) is 0.573. The minimum Gasteiger partial charge on any atom is -0.481 e. The number of thioether (sulfide) groups is 1. The van der Waals surface area contributed by atoms with Gasteiger partial charge in [-0.05, 0) is 43.5 Å². The summed E-state index contributed by atoms with van der Waals surface area (Å²) in [5, 5.41) is 6.02. The number of fused-ring (bicyclic) bond motifs is 2. The summed E-state index contributed by atoms with van der Waals surface area (Å²) >= 11 is 1.49. The van der Waals surface area contributed by atoms with E-state index in [0.29, 0.717) is 24.0 Å². The van der Waals surface area contributed by atoms with Crippen molar-refractivity contribution in [3.05, 3.63) is 30.3 Å². The third-order valence-electron chi connectivity index (χ3n) is 7.46. The Morgan fingerprint density at radius 1 is 1.13 bits per heavy atom. The molecular formula is C26H30N6O5S. The molecule has 2 fully saturated rings. The third-order valence-corrected chi connectivity index (χ3v) is 8.53. The zero-order chi connectivity index (χ0) is 26.2. The van der Waals surface area contributed by atoms with E-state index < -0.39 is 0 Å². The van der Waals surface area contributed by atoms with Gasteiger partial charge in [-0.25, -0.2) is 4.79 Å². The Labute approximate surface area is 224 Å². The number of carbonyl (C=O) groups is 3. The van der Waals surface area contributed by atoms with E-state index in [1.54, 1.807) is 18.1 Å². The van der Waals surface area contributed by atoms with Crippen LogP contribution in [0.2, 0.25) is 0 Å². The average molecular weight is 539 g/mol. The molecule has 0 unspecified atom stereocenters. The smallest absolute Gasteiger partial charge is 0.414 e. The van der Waals surface area contributed by atoms with Crippen LogP contribution in [-0.4, -0.2) is 85.5 Å². The average Bonchev–Trinajstić information content (AvgIpc) is 3.31. The van der Waals surface area contributed by atoms with Crippen LogP contribution in [0.15, 0.2) is 35.2 Å². The molecule has 0 bridgehead atoms. The van der Waals surface area contributed by atoms with Gasteiger partial charge in [0.05, 0.1) is 37.3 Å². The van der Waals surface area contributed by atoms with Crippen LogP contribution in [-0.2, 0) is 14.3 Å². The first kappa shape index (κ1) is 24.8. The number of nitrogens with one attached hydrogen (secondary N) is 2. The molecule has 0 aliphatic carbocycles. The molecule has 1 aromatic carbocycles. The van der Waals surface area contributed by atoms with Gasteiger partial charge in [0.25, 0.3) is 0 Å². The first-order chi connectivity index (χ1) is 18.5. The molecule has 1 atom stereocenters. The van der Waals surface area contributed by atoms with Crippen LogP contribution in [0.5, 0.6) is 5.88 Å². The molecule has 1 aromatic heterocycles. The second-order valence-corrected chi connectivity index (χ2v) is 10.9. The van der Waals surface area contributed by atoms with Gasteiger partial charge in [-0.3, -0.25) is 19.4 Å². The number of nitrogens with zero attached hydrogens (tertiary/aromatic N) is 4. The maximum absolute atomic E-state index is 12.8. The number of carbonyl (C=O) groups excluding carboxylic acids is 3. The molecule has 0 spiro atoms. The van der Waals surface area contributed by atoms with E-state index >= 15 is 0 Å². The Kier molecular flexibility index (Phi) is 6.75. The SMILES string of the molecule is COc1ccc2c(n1)N(C1CCN(CC[C@@H]3CN(c4ccc5c(c4)NC(=O)CS5)C(=O)O3)CC1)C(=O)CN2. The van der Waals surface area contributed by atoms with Gasteiger partial charge in [0.15, 0.2) is 5.82 Å². The molecule has 4 aliphatic heterocycles. The van der Waals surface area contributed by atoms with E-state index in [1.165, 1.54) is 11.8 Å². The van der Waals surface area contributed by atoms with Crippen molar-refractivity contribution in [2.24, 2.45) is 0 Å². The van der Waals surface area contributed by atoms with Gasteiger partial charge in [-0.15, -0.1) is 11.8 Å². The molecular weight excluding hydrogens is 508 g/mol. The first-order valence-electron chi connectivity index (χ1n) is 12.9. The van der Waals surface area contributed by atoms with Gasteiger partial charge in [-0.2, -0.15) is 4.98 Å². The number of amides is 3. The summed E-state index contributed by atoms with van der Waals surface area (Å²) in [6.07, 6.45) is 1.87. The highest BCUT2D eigenvalue weighted by atomic mass is 32.2. The number of aromatic nitrogens is 1. The van der Waals surface area contributed by atoms with Crippen LogP contribution in [0.3, 0.4) is 0 Å². The van der Waals surface area contributed by atoms with Crippen LogP contribution >= 0.6 is 11.8 Å². The molecule has 38 heavy (non-hydrogen) atoms. The number of anilines is 4. The highest BCUT2D eigenvalue weighted by Gasteiger charge is 2.36. The zero-order valence-electron chi connectivity index (χ0n) is 21.1. The van der Waals surface area contributed by atoms with Gasteiger partial charge in [-0.1, -0.05) is 0 Å². The Balaban J connectivity index is 1.03. The lowest BCUT2D eigenvalue weighted by Crippen LogP contribution is -2.51. The van der Waals surface area contributed by atoms with Crippen molar-refractivity contribution in [2.75, 3.05) is 66.0 Å². The molecule has 4 aliphatic rings. The van der Waals surface area contributed by atoms with Crippen molar-refractivity contribution in [3.8, 4) is 5.88 Å². The third kappa shape index (κ3) is 4.85. The molecule has 3 amide bonds. The maximum atomic E-state index is 12.8. The molecule has 12 heteroatoms. The predicted octanol–water partition coefficient (Wildman–Crippen LogP) is 2.77. The largest absolute Gasteiger partial charge is 0.481 e. The lowest BCUT2D eigenvalue weighted by molar-refractivity contribution is -0.118. The second-order valence-electron chi connectivity index (χ2n) is 9.84. The number of pyridine rings is 1. The van der Waals surface area contributed by atoms with E-state index in [-0.39, 0.29) is 36.6 Å². The first-order valence-corrected chi connectivity index (χ1v) is 13.9. The summed E-state index contributed by atoms with van der Waals surface area (Å²) in [6.45, 7) is 3.27. The van der Waals surface area contributed by atoms with Crippen molar-refractivity contribution in [1.29, 1.82) is 0 Å². The number of hydrogen-bond acceptors (Lipinski definition) is 9. The number of methoxy groups -OCH3 is 1. The van der Waals surface area contributed by atoms with E-state index in [2.05, 4.69) is 20.5 Å². The molecule has 11 nitrogen and oxygen atoms in total. The number of ether oxygens (including phenoxy) is 2. The number of rotatable bonds is 6. The normalized spacial score (nSPS) is 21.9. The van der Waals surface area contributed by atoms with Crippen molar-refractivity contribution in [1.82, 2.24) is 9.88 Å². The van der Waals surface area contributed by atoms with Crippen molar-refractivity contribution in [2.45, 2.75) is 36.3 Å². The molecule has 2 N–H and O–H groups in total. The molecule has 5 heterocycles. The van der Waals surface area contributed by atoms with Gasteiger partial charge < -0.3 is 25.0 Å². The fourth-order valence-corrected chi connectivity index (χ4v) is 6.25. The number of benzene rings is 1. The van der Waals surface area contributed by atoms with Crippen LogP contribution in [0, 0.1) is 0 Å². The van der Waals surface area contributed by atoms with Gasteiger partial charge in [0, 0.05) is 42.3 Å². The predicted molar refractivity (Wildman–Crippen MR) is 144 cm³/mol. The maximum Gasteiger partial charge on any atom is 0.414 e. The highest BCUT2D eigenvalue weighted by Crippen LogP contribution is 2.36. The van der Waals surface area contributed by atoms with Crippen LogP contribution in [0.4, 0.5) is 27.7 Å². The summed E-state index contributed by atoms with van der Waals surface area (Å²) in [6, 6.07) is 9.46. The number of cyclic esters (lactones) is 1. The van der Waals surface area contributed by atoms with Crippen LogP contribution in [0.1, 0.15) is 19.3 Å². The molecule has 2 aromatic rings. The lowest BCUT2D eigenvalue weighted by atomic mass is 10.0. The van der Waals surface area contributed by atoms with E-state index in [0.717, 1.165) is 60.9 Å².